The third-order valence-corrected chi connectivity index (χ3v) is 5.12. The second-order valence-corrected chi connectivity index (χ2v) is 7.43. The van der Waals surface area contributed by atoms with E-state index in [0.717, 1.165) is 11.7 Å². The van der Waals surface area contributed by atoms with Crippen LogP contribution in [-0.4, -0.2) is 19.7 Å². The van der Waals surface area contributed by atoms with E-state index in [9.17, 15) is 4.79 Å². The summed E-state index contributed by atoms with van der Waals surface area (Å²) >= 11 is 0. The summed E-state index contributed by atoms with van der Waals surface area (Å²) < 4.78 is 10.7. The molecule has 0 bridgehead atoms. The number of hydrogen-bond donors (Lipinski definition) is 0. The highest BCUT2D eigenvalue weighted by atomic mass is 31.1. The fraction of sp³-hybridized carbons (Fsp3) is 0.389. The van der Waals surface area contributed by atoms with Gasteiger partial charge in [0.2, 0.25) is 0 Å². The van der Waals surface area contributed by atoms with Crippen LogP contribution in [0.1, 0.15) is 37.6 Å². The molecular weight excluding hydrogens is 295 g/mol. The van der Waals surface area contributed by atoms with E-state index in [4.69, 9.17) is 9.47 Å². The minimum Gasteiger partial charge on any atom is -0.496 e. The van der Waals surface area contributed by atoms with E-state index in [1.807, 2.05) is 6.07 Å². The summed E-state index contributed by atoms with van der Waals surface area (Å²) in [6.07, 6.45) is 5.27. The highest BCUT2D eigenvalue weighted by Gasteiger charge is 2.24. The summed E-state index contributed by atoms with van der Waals surface area (Å²) in [6.45, 7) is 6.52. The summed E-state index contributed by atoms with van der Waals surface area (Å²) in [5.41, 5.74) is 2.04. The Morgan fingerprint density at radius 3 is 2.27 bits per heavy atom. The molecule has 0 saturated carbocycles. The van der Waals surface area contributed by atoms with E-state index < -0.39 is 0 Å². The molecule has 1 atom stereocenters. The Morgan fingerprint density at radius 1 is 1.18 bits per heavy atom. The van der Waals surface area contributed by atoms with Gasteiger partial charge in [0, 0.05) is 0 Å². The molecule has 1 aliphatic carbocycles. The Bertz CT molecular complexity index is 619. The third kappa shape index (κ3) is 3.59. The van der Waals surface area contributed by atoms with Gasteiger partial charge in [-0.1, -0.05) is 37.6 Å². The van der Waals surface area contributed by atoms with Crippen molar-refractivity contribution in [3.63, 3.8) is 0 Å². The maximum atomic E-state index is 12.8. The number of hydrogen-bond acceptors (Lipinski definition) is 3. The Labute approximate surface area is 134 Å². The van der Waals surface area contributed by atoms with Crippen LogP contribution in [0.2, 0.25) is 0 Å². The molecule has 4 heteroatoms. The summed E-state index contributed by atoms with van der Waals surface area (Å²) in [6, 6.07) is 5.41. The van der Waals surface area contributed by atoms with Gasteiger partial charge in [-0.2, -0.15) is 0 Å². The number of carbonyl (C=O) groups excluding carboxylic acids is 1. The van der Waals surface area contributed by atoms with Crippen LogP contribution in [0.5, 0.6) is 11.5 Å². The predicted octanol–water partition coefficient (Wildman–Crippen LogP) is 4.78. The fourth-order valence-electron chi connectivity index (χ4n) is 2.70. The highest BCUT2D eigenvalue weighted by Crippen LogP contribution is 2.43. The van der Waals surface area contributed by atoms with E-state index in [0.29, 0.717) is 17.1 Å². The van der Waals surface area contributed by atoms with Crippen LogP contribution in [0, 0.1) is 5.41 Å². The molecule has 3 nitrogen and oxygen atoms in total. The lowest BCUT2D eigenvalue weighted by Gasteiger charge is -2.26. The van der Waals surface area contributed by atoms with E-state index in [1.54, 1.807) is 26.4 Å². The average Bonchev–Trinajstić information content (AvgIpc) is 2.48. The Kier molecular flexibility index (Phi) is 5.08. The molecule has 2 rings (SSSR count). The molecule has 0 fully saturated rings. The Hall–Kier alpha value is -1.60. The molecule has 22 heavy (non-hydrogen) atoms. The lowest BCUT2D eigenvalue weighted by molar-refractivity contribution is 0.108. The van der Waals surface area contributed by atoms with Gasteiger partial charge in [-0.05, 0) is 44.8 Å². The maximum absolute atomic E-state index is 12.8. The van der Waals surface area contributed by atoms with Crippen LogP contribution < -0.4 is 9.47 Å². The molecule has 1 aromatic rings. The average molecular weight is 318 g/mol. The van der Waals surface area contributed by atoms with Gasteiger partial charge in [0.05, 0.1) is 14.2 Å². The van der Waals surface area contributed by atoms with E-state index in [2.05, 4.69) is 32.9 Å². The topological polar surface area (TPSA) is 35.5 Å². The van der Waals surface area contributed by atoms with Crippen molar-refractivity contribution < 1.29 is 14.3 Å². The molecule has 0 amide bonds. The Morgan fingerprint density at radius 2 is 1.77 bits per heavy atom. The second-order valence-electron chi connectivity index (χ2n) is 6.18. The van der Waals surface area contributed by atoms with Crippen LogP contribution >= 0.6 is 8.58 Å². The molecule has 0 aliphatic heterocycles. The second kappa shape index (κ2) is 6.66. The van der Waals surface area contributed by atoms with Crippen molar-refractivity contribution >= 4 is 14.1 Å². The smallest absolute Gasteiger partial charge is 0.193 e. The third-order valence-electron chi connectivity index (χ3n) is 3.78. The predicted molar refractivity (Wildman–Crippen MR) is 92.4 cm³/mol. The molecule has 1 unspecified atom stereocenters. The normalized spacial score (nSPS) is 17.1. The van der Waals surface area contributed by atoms with E-state index in [-0.39, 0.29) is 19.5 Å². The molecule has 0 radical (unpaired) electrons. The summed E-state index contributed by atoms with van der Waals surface area (Å²) in [7, 11) is 3.23. The van der Waals surface area contributed by atoms with Crippen LogP contribution in [0.4, 0.5) is 0 Å². The van der Waals surface area contributed by atoms with Gasteiger partial charge in [-0.15, -0.1) is 0 Å². The minimum atomic E-state index is 0.0491. The van der Waals surface area contributed by atoms with Crippen LogP contribution in [0.25, 0.3) is 0 Å². The monoisotopic (exact) mass is 318 g/mol. The molecule has 0 saturated heterocycles. The quantitative estimate of drug-likeness (QED) is 0.733. The first-order chi connectivity index (χ1) is 10.4. The SMILES string of the molecule is COc1cccc(OC)c1C(=O)PC1=C(C)CC(C)(C)C=C1. The van der Waals surface area contributed by atoms with Crippen molar-refractivity contribution in [2.45, 2.75) is 27.2 Å². The molecule has 1 aromatic carbocycles. The zero-order valence-electron chi connectivity index (χ0n) is 13.8. The van der Waals surface area contributed by atoms with Crippen molar-refractivity contribution in [2.24, 2.45) is 5.41 Å². The summed E-state index contributed by atoms with van der Waals surface area (Å²) in [4.78, 5) is 12.8. The van der Waals surface area contributed by atoms with Gasteiger partial charge in [0.1, 0.15) is 17.1 Å². The van der Waals surface area contributed by atoms with Crippen LogP contribution in [-0.2, 0) is 0 Å². The number of carbonyl (C=O) groups is 1. The van der Waals surface area contributed by atoms with Gasteiger partial charge in [-0.3, -0.25) is 4.79 Å². The van der Waals surface area contributed by atoms with Crippen LogP contribution in [0.15, 0.2) is 41.2 Å². The lowest BCUT2D eigenvalue weighted by Crippen LogP contribution is -2.12. The number of ether oxygens (including phenoxy) is 2. The first-order valence-corrected chi connectivity index (χ1v) is 8.29. The van der Waals surface area contributed by atoms with Crippen molar-refractivity contribution in [3.8, 4) is 11.5 Å². The first kappa shape index (κ1) is 16.8. The number of benzene rings is 1. The first-order valence-electron chi connectivity index (χ1n) is 7.29. The highest BCUT2D eigenvalue weighted by molar-refractivity contribution is 7.63. The zero-order chi connectivity index (χ0) is 16.3. The molecular formula is C18H23O3P. The van der Waals surface area contributed by atoms with Crippen molar-refractivity contribution in [1.29, 1.82) is 0 Å². The van der Waals surface area contributed by atoms with Crippen molar-refractivity contribution in [1.82, 2.24) is 0 Å². The number of rotatable bonds is 5. The fourth-order valence-corrected chi connectivity index (χ4v) is 3.78. The molecule has 0 heterocycles. The maximum Gasteiger partial charge on any atom is 0.193 e. The Balaban J connectivity index is 2.29. The lowest BCUT2D eigenvalue weighted by atomic mass is 9.82. The number of allylic oxidation sites excluding steroid dienone is 4. The largest absolute Gasteiger partial charge is 0.496 e. The van der Waals surface area contributed by atoms with Gasteiger partial charge in [0.25, 0.3) is 0 Å². The van der Waals surface area contributed by atoms with Gasteiger partial charge in [0.15, 0.2) is 5.52 Å². The van der Waals surface area contributed by atoms with Crippen LogP contribution in [0.3, 0.4) is 0 Å². The molecule has 0 aromatic heterocycles. The van der Waals surface area contributed by atoms with Gasteiger partial charge < -0.3 is 9.47 Å². The molecule has 1 aliphatic rings. The van der Waals surface area contributed by atoms with Crippen molar-refractivity contribution in [2.75, 3.05) is 14.2 Å². The summed E-state index contributed by atoms with van der Waals surface area (Å²) in [5, 5.41) is 1.12. The number of methoxy groups -OCH3 is 2. The molecule has 0 spiro atoms. The molecule has 0 N–H and O–H groups in total. The summed E-state index contributed by atoms with van der Waals surface area (Å²) in [5.74, 6) is 1.13. The standard InChI is InChI=1S/C18H23O3P/c1-12-11-18(2,3)10-9-15(12)22-17(19)16-13(20-4)7-6-8-14(16)21-5/h6-10,22H,11H2,1-5H3. The van der Waals surface area contributed by atoms with E-state index >= 15 is 0 Å². The van der Waals surface area contributed by atoms with Gasteiger partial charge in [-0.25, -0.2) is 0 Å². The van der Waals surface area contributed by atoms with Gasteiger partial charge >= 0.3 is 0 Å². The minimum absolute atomic E-state index is 0.0491. The van der Waals surface area contributed by atoms with Crippen molar-refractivity contribution in [3.05, 3.63) is 46.8 Å². The van der Waals surface area contributed by atoms with E-state index in [1.165, 1.54) is 5.57 Å². The molecule has 118 valence electrons. The zero-order valence-corrected chi connectivity index (χ0v) is 14.8.